The average molecular weight is 373 g/mol. The van der Waals surface area contributed by atoms with E-state index in [2.05, 4.69) is 46.4 Å². The zero-order valence-electron chi connectivity index (χ0n) is 17.9. The lowest BCUT2D eigenvalue weighted by molar-refractivity contribution is 0.0862. The summed E-state index contributed by atoms with van der Waals surface area (Å²) >= 11 is 0. The molecule has 2 saturated carbocycles. The van der Waals surface area contributed by atoms with Gasteiger partial charge in [0.1, 0.15) is 0 Å². The fraction of sp³-hybridized carbons (Fsp3) is 0.680. The second-order valence-electron chi connectivity index (χ2n) is 8.86. The Morgan fingerprint density at radius 3 is 2.59 bits per heavy atom. The van der Waals surface area contributed by atoms with Gasteiger partial charge in [0, 0.05) is 6.42 Å². The van der Waals surface area contributed by atoms with Gasteiger partial charge in [-0.3, -0.25) is 0 Å². The first-order chi connectivity index (χ1) is 12.8. The summed E-state index contributed by atoms with van der Waals surface area (Å²) in [4.78, 5) is 0. The number of aliphatic hydroxyl groups excluding tert-OH is 2. The minimum Gasteiger partial charge on any atom is -0.393 e. The van der Waals surface area contributed by atoms with Crippen LogP contribution in [-0.2, 0) is 0 Å². The van der Waals surface area contributed by atoms with E-state index < -0.39 is 12.2 Å². The molecular weight excluding hydrogens is 332 g/mol. The van der Waals surface area contributed by atoms with Crippen molar-refractivity contribution < 1.29 is 10.2 Å². The lowest BCUT2D eigenvalue weighted by atomic mass is 9.81. The van der Waals surface area contributed by atoms with Crippen LogP contribution in [0.25, 0.3) is 0 Å². The van der Waals surface area contributed by atoms with Crippen LogP contribution in [0.2, 0.25) is 0 Å². The second kappa shape index (κ2) is 9.89. The Kier molecular flexibility index (Phi) is 8.12. The molecule has 0 heterocycles. The van der Waals surface area contributed by atoms with Gasteiger partial charge in [0.25, 0.3) is 0 Å². The second-order valence-corrected chi connectivity index (χ2v) is 8.86. The Bertz CT molecular complexity index is 604. The Hall–Kier alpha value is -1.12. The van der Waals surface area contributed by atoms with Crippen molar-refractivity contribution in [1.82, 2.24) is 0 Å². The quantitative estimate of drug-likeness (QED) is 0.469. The number of hydrogen-bond donors (Lipinski definition) is 2. The van der Waals surface area contributed by atoms with Crippen LogP contribution in [0.15, 0.2) is 47.1 Å². The third kappa shape index (κ3) is 5.93. The lowest BCUT2D eigenvalue weighted by Crippen LogP contribution is -2.26. The topological polar surface area (TPSA) is 40.5 Å². The number of hydrogen-bond acceptors (Lipinski definition) is 2. The summed E-state index contributed by atoms with van der Waals surface area (Å²) in [7, 11) is 0. The maximum absolute atomic E-state index is 9.96. The smallest absolute Gasteiger partial charge is 0.0811 e. The molecule has 1 unspecified atom stereocenters. The maximum atomic E-state index is 9.96. The molecule has 0 saturated heterocycles. The van der Waals surface area contributed by atoms with Crippen LogP contribution in [0.5, 0.6) is 0 Å². The molecule has 2 aliphatic carbocycles. The third-order valence-electron chi connectivity index (χ3n) is 6.63. The van der Waals surface area contributed by atoms with E-state index in [9.17, 15) is 10.2 Å². The molecule has 2 N–H and O–H groups in total. The van der Waals surface area contributed by atoms with E-state index in [4.69, 9.17) is 0 Å². The first-order valence-corrected chi connectivity index (χ1v) is 10.9. The third-order valence-corrected chi connectivity index (χ3v) is 6.63. The van der Waals surface area contributed by atoms with Crippen molar-refractivity contribution >= 4 is 0 Å². The maximum Gasteiger partial charge on any atom is 0.0811 e. The normalized spacial score (nSPS) is 28.5. The van der Waals surface area contributed by atoms with E-state index in [1.165, 1.54) is 37.7 Å². The van der Waals surface area contributed by atoms with Gasteiger partial charge < -0.3 is 10.2 Å². The molecule has 0 amide bonds. The van der Waals surface area contributed by atoms with E-state index in [0.29, 0.717) is 24.2 Å². The summed E-state index contributed by atoms with van der Waals surface area (Å²) in [6.07, 6.45) is 15.4. The monoisotopic (exact) mass is 372 g/mol. The molecule has 2 nitrogen and oxygen atoms in total. The first-order valence-electron chi connectivity index (χ1n) is 10.9. The molecule has 3 atom stereocenters. The molecule has 152 valence electrons. The Morgan fingerprint density at radius 2 is 2.00 bits per heavy atom. The molecule has 2 fully saturated rings. The average Bonchev–Trinajstić information content (AvgIpc) is 3.41. The predicted octanol–water partition coefficient (Wildman–Crippen LogP) is 6.26. The van der Waals surface area contributed by atoms with Gasteiger partial charge in [0.05, 0.1) is 12.2 Å². The molecule has 0 radical (unpaired) electrons. The molecule has 0 bridgehead atoms. The van der Waals surface area contributed by atoms with Gasteiger partial charge in [-0.1, -0.05) is 63.1 Å². The van der Waals surface area contributed by atoms with Crippen molar-refractivity contribution in [3.05, 3.63) is 47.1 Å². The van der Waals surface area contributed by atoms with Gasteiger partial charge in [-0.2, -0.15) is 0 Å². The summed E-state index contributed by atoms with van der Waals surface area (Å²) in [5.41, 5.74) is 5.31. The Labute approximate surface area is 166 Å². The molecule has 27 heavy (non-hydrogen) atoms. The highest BCUT2D eigenvalue weighted by Gasteiger charge is 2.44. The minimum atomic E-state index is -0.608. The van der Waals surface area contributed by atoms with Gasteiger partial charge in [-0.25, -0.2) is 0 Å². The Morgan fingerprint density at radius 1 is 1.30 bits per heavy atom. The van der Waals surface area contributed by atoms with Crippen molar-refractivity contribution in [2.45, 2.75) is 97.7 Å². The largest absolute Gasteiger partial charge is 0.393 e. The van der Waals surface area contributed by atoms with Crippen molar-refractivity contribution in [2.75, 3.05) is 0 Å². The van der Waals surface area contributed by atoms with Gasteiger partial charge in [0.2, 0.25) is 0 Å². The summed E-state index contributed by atoms with van der Waals surface area (Å²) in [5, 5.41) is 19.8. The first kappa shape index (κ1) is 22.2. The van der Waals surface area contributed by atoms with Crippen molar-refractivity contribution in [3.63, 3.8) is 0 Å². The van der Waals surface area contributed by atoms with Crippen LogP contribution >= 0.6 is 0 Å². The van der Waals surface area contributed by atoms with Crippen LogP contribution in [-0.4, -0.2) is 22.4 Å². The lowest BCUT2D eigenvalue weighted by Gasteiger charge is -2.26. The van der Waals surface area contributed by atoms with Crippen LogP contribution in [0.4, 0.5) is 0 Å². The van der Waals surface area contributed by atoms with Crippen molar-refractivity contribution in [1.29, 1.82) is 0 Å². The molecule has 2 rings (SSSR count). The zero-order chi connectivity index (χ0) is 20.0. The van der Waals surface area contributed by atoms with E-state index in [1.807, 2.05) is 6.08 Å². The molecule has 0 aromatic carbocycles. The van der Waals surface area contributed by atoms with Crippen LogP contribution in [0.3, 0.4) is 0 Å². The predicted molar refractivity (Wildman–Crippen MR) is 116 cm³/mol. The molecule has 0 aromatic rings. The molecular formula is C25H40O2. The van der Waals surface area contributed by atoms with Crippen molar-refractivity contribution in [3.8, 4) is 0 Å². The summed E-state index contributed by atoms with van der Waals surface area (Å²) < 4.78 is 0. The van der Waals surface area contributed by atoms with Gasteiger partial charge in [-0.15, -0.1) is 0 Å². The molecule has 0 aliphatic heterocycles. The van der Waals surface area contributed by atoms with E-state index in [-0.39, 0.29) is 0 Å². The summed E-state index contributed by atoms with van der Waals surface area (Å²) in [5.74, 6) is 0.706. The highest BCUT2D eigenvalue weighted by molar-refractivity contribution is 5.37. The number of aliphatic hydroxyl groups is 2. The molecule has 2 heteroatoms. The van der Waals surface area contributed by atoms with Gasteiger partial charge in [0.15, 0.2) is 0 Å². The van der Waals surface area contributed by atoms with Crippen LogP contribution < -0.4 is 0 Å². The van der Waals surface area contributed by atoms with E-state index in [0.717, 1.165) is 24.0 Å². The van der Waals surface area contributed by atoms with Gasteiger partial charge in [-0.05, 0) is 74.3 Å². The molecule has 0 spiro atoms. The van der Waals surface area contributed by atoms with Crippen LogP contribution in [0, 0.1) is 11.3 Å². The highest BCUT2D eigenvalue weighted by atomic mass is 16.3. The Balaban J connectivity index is 1.99. The standard InChI is InChI=1S/C25H40O2/c1-6-9-19(4)23(25(7-2)14-15-25)11-8-10-18(3)12-13-21-16-22(26)17-24(27)20(21)5/h11-13,19,22,24,26-27H,5-10,14-17H2,1-4H3/b18-12+,21-13-,23-11+/t19?,22-,24+/m1/s1. The number of rotatable bonds is 9. The molecule has 2 aliphatic rings. The van der Waals surface area contributed by atoms with Crippen molar-refractivity contribution in [2.24, 2.45) is 11.3 Å². The SMILES string of the molecule is C=C1/C(=C\C=C(/C)CC/C=C(\C(C)CCC)C2(CC)CC2)C[C@@H](O)C[C@@H]1O. The fourth-order valence-electron chi connectivity index (χ4n) is 4.57. The zero-order valence-corrected chi connectivity index (χ0v) is 17.9. The minimum absolute atomic E-state index is 0.404. The van der Waals surface area contributed by atoms with E-state index >= 15 is 0 Å². The summed E-state index contributed by atoms with van der Waals surface area (Å²) in [6.45, 7) is 13.2. The van der Waals surface area contributed by atoms with E-state index in [1.54, 1.807) is 5.57 Å². The molecule has 0 aromatic heterocycles. The summed E-state index contributed by atoms with van der Waals surface area (Å²) in [6, 6.07) is 0. The van der Waals surface area contributed by atoms with Gasteiger partial charge >= 0.3 is 0 Å². The number of allylic oxidation sites excluding steroid dienone is 5. The highest BCUT2D eigenvalue weighted by Crippen LogP contribution is 2.57. The van der Waals surface area contributed by atoms with Crippen LogP contribution in [0.1, 0.15) is 85.5 Å². The fourth-order valence-corrected chi connectivity index (χ4v) is 4.57.